The summed E-state index contributed by atoms with van der Waals surface area (Å²) in [4.78, 5) is 14.1. The van der Waals surface area contributed by atoms with E-state index in [4.69, 9.17) is 0 Å². The number of piperidine rings is 1. The average molecular weight is 241 g/mol. The molecule has 17 heavy (non-hydrogen) atoms. The van der Waals surface area contributed by atoms with Gasteiger partial charge in [0.2, 0.25) is 5.91 Å². The number of hydrogen-bond donors (Lipinski definition) is 2. The van der Waals surface area contributed by atoms with Gasteiger partial charge in [-0.05, 0) is 47.6 Å². The fraction of sp³-hybridized carbons (Fsp3) is 0.923. The molecule has 0 aromatic rings. The van der Waals surface area contributed by atoms with Crippen molar-refractivity contribution in [1.29, 1.82) is 0 Å². The van der Waals surface area contributed by atoms with Crippen LogP contribution in [0.25, 0.3) is 0 Å². The van der Waals surface area contributed by atoms with Crippen molar-refractivity contribution in [3.05, 3.63) is 0 Å². The Morgan fingerprint density at radius 3 is 2.59 bits per heavy atom. The molecule has 1 fully saturated rings. The molecule has 2 N–H and O–H groups in total. The lowest BCUT2D eigenvalue weighted by atomic mass is 9.99. The molecule has 100 valence electrons. The van der Waals surface area contributed by atoms with E-state index in [1.165, 1.54) is 0 Å². The Balaban J connectivity index is 2.27. The summed E-state index contributed by atoms with van der Waals surface area (Å²) >= 11 is 0. The maximum absolute atomic E-state index is 11.8. The highest BCUT2D eigenvalue weighted by Crippen LogP contribution is 2.14. The molecule has 4 heteroatoms. The van der Waals surface area contributed by atoms with E-state index in [1.807, 2.05) is 0 Å². The van der Waals surface area contributed by atoms with Crippen molar-refractivity contribution in [2.75, 3.05) is 20.1 Å². The highest BCUT2D eigenvalue weighted by molar-refractivity contribution is 5.78. The summed E-state index contributed by atoms with van der Waals surface area (Å²) in [6, 6.07) is 0.903. The van der Waals surface area contributed by atoms with Crippen LogP contribution in [-0.4, -0.2) is 48.6 Å². The zero-order valence-corrected chi connectivity index (χ0v) is 11.8. The molecule has 0 spiro atoms. The number of nitrogens with zero attached hydrogens (tertiary/aromatic N) is 1. The lowest BCUT2D eigenvalue weighted by Crippen LogP contribution is -2.50. The fourth-order valence-corrected chi connectivity index (χ4v) is 2.04. The Bertz CT molecular complexity index is 260. The monoisotopic (exact) mass is 241 g/mol. The van der Waals surface area contributed by atoms with E-state index in [-0.39, 0.29) is 11.4 Å². The van der Waals surface area contributed by atoms with Gasteiger partial charge < -0.3 is 15.5 Å². The normalized spacial score (nSPS) is 26.9. The van der Waals surface area contributed by atoms with Gasteiger partial charge in [-0.25, -0.2) is 0 Å². The Morgan fingerprint density at radius 2 is 2.06 bits per heavy atom. The Kier molecular flexibility index (Phi) is 4.95. The number of likely N-dealkylation sites (tertiary alicyclic amines) is 1. The molecule has 2 atom stereocenters. The van der Waals surface area contributed by atoms with Crippen LogP contribution in [0.5, 0.6) is 0 Å². The van der Waals surface area contributed by atoms with Crippen molar-refractivity contribution < 1.29 is 4.79 Å². The molecular weight excluding hydrogens is 214 g/mol. The fourth-order valence-electron chi connectivity index (χ4n) is 2.04. The Hall–Kier alpha value is -0.610. The van der Waals surface area contributed by atoms with Crippen LogP contribution in [-0.2, 0) is 4.79 Å². The van der Waals surface area contributed by atoms with Gasteiger partial charge in [0.15, 0.2) is 0 Å². The molecule has 1 rings (SSSR count). The molecule has 0 bridgehead atoms. The summed E-state index contributed by atoms with van der Waals surface area (Å²) in [5.74, 6) is 0.113. The predicted molar refractivity (Wildman–Crippen MR) is 71.0 cm³/mol. The third-order valence-electron chi connectivity index (χ3n) is 3.35. The summed E-state index contributed by atoms with van der Waals surface area (Å²) in [5, 5.41) is 6.32. The van der Waals surface area contributed by atoms with Gasteiger partial charge in [0.05, 0.1) is 6.54 Å². The zero-order valence-electron chi connectivity index (χ0n) is 11.8. The zero-order chi connectivity index (χ0) is 13.1. The van der Waals surface area contributed by atoms with E-state index >= 15 is 0 Å². The van der Waals surface area contributed by atoms with Crippen LogP contribution in [0.3, 0.4) is 0 Å². The third-order valence-corrected chi connectivity index (χ3v) is 3.35. The number of amides is 1. The topological polar surface area (TPSA) is 44.4 Å². The highest BCUT2D eigenvalue weighted by atomic mass is 16.2. The van der Waals surface area contributed by atoms with E-state index in [9.17, 15) is 4.79 Å². The van der Waals surface area contributed by atoms with E-state index in [0.717, 1.165) is 19.4 Å². The Morgan fingerprint density at radius 1 is 1.41 bits per heavy atom. The molecule has 0 aromatic heterocycles. The number of nitrogens with one attached hydrogen (secondary N) is 2. The third kappa shape index (κ3) is 5.50. The molecule has 1 saturated heterocycles. The lowest BCUT2D eigenvalue weighted by molar-refractivity contribution is -0.121. The number of carbonyl (C=O) groups is 1. The first-order chi connectivity index (χ1) is 7.78. The quantitative estimate of drug-likeness (QED) is 0.774. The summed E-state index contributed by atoms with van der Waals surface area (Å²) in [6.07, 6.45) is 2.11. The van der Waals surface area contributed by atoms with Crippen molar-refractivity contribution in [1.82, 2.24) is 15.5 Å². The van der Waals surface area contributed by atoms with Gasteiger partial charge >= 0.3 is 0 Å². The molecule has 1 amide bonds. The summed E-state index contributed by atoms with van der Waals surface area (Å²) < 4.78 is 0. The number of rotatable bonds is 3. The first kappa shape index (κ1) is 14.5. The van der Waals surface area contributed by atoms with Crippen molar-refractivity contribution in [3.8, 4) is 0 Å². The van der Waals surface area contributed by atoms with Crippen LogP contribution in [0.4, 0.5) is 0 Å². The molecule has 0 radical (unpaired) electrons. The molecule has 4 nitrogen and oxygen atoms in total. The predicted octanol–water partition coefficient (Wildman–Crippen LogP) is 0.973. The summed E-state index contributed by atoms with van der Waals surface area (Å²) in [7, 11) is 2.14. The SMILES string of the molecule is CC1CC(NC(=O)CNC(C)(C)C)CCN1C. The molecule has 2 unspecified atom stereocenters. The van der Waals surface area contributed by atoms with Gasteiger partial charge in [-0.3, -0.25) is 4.79 Å². The number of carbonyl (C=O) groups excluding carboxylic acids is 1. The minimum Gasteiger partial charge on any atom is -0.352 e. The highest BCUT2D eigenvalue weighted by Gasteiger charge is 2.24. The van der Waals surface area contributed by atoms with E-state index in [1.54, 1.807) is 0 Å². The molecule has 0 saturated carbocycles. The second kappa shape index (κ2) is 5.83. The Labute approximate surface area is 105 Å². The average Bonchev–Trinajstić information content (AvgIpc) is 2.20. The smallest absolute Gasteiger partial charge is 0.234 e. The second-order valence-corrected chi connectivity index (χ2v) is 6.22. The van der Waals surface area contributed by atoms with Crippen LogP contribution in [0.1, 0.15) is 40.5 Å². The molecule has 1 aliphatic heterocycles. The molecule has 1 aliphatic rings. The van der Waals surface area contributed by atoms with Crippen LogP contribution >= 0.6 is 0 Å². The van der Waals surface area contributed by atoms with Crippen molar-refractivity contribution in [2.45, 2.75) is 58.2 Å². The largest absolute Gasteiger partial charge is 0.352 e. The van der Waals surface area contributed by atoms with Gasteiger partial charge in [0.25, 0.3) is 0 Å². The van der Waals surface area contributed by atoms with Crippen LogP contribution in [0, 0.1) is 0 Å². The molecule has 0 aromatic carbocycles. The van der Waals surface area contributed by atoms with Crippen molar-refractivity contribution >= 4 is 5.91 Å². The first-order valence-corrected chi connectivity index (χ1v) is 6.52. The van der Waals surface area contributed by atoms with E-state index in [0.29, 0.717) is 18.6 Å². The summed E-state index contributed by atoms with van der Waals surface area (Å²) in [5.41, 5.74) is -0.00257. The second-order valence-electron chi connectivity index (χ2n) is 6.22. The minimum atomic E-state index is -0.00257. The van der Waals surface area contributed by atoms with Gasteiger partial charge in [0.1, 0.15) is 0 Å². The first-order valence-electron chi connectivity index (χ1n) is 6.52. The minimum absolute atomic E-state index is 0.00257. The molecule has 1 heterocycles. The summed E-state index contributed by atoms with van der Waals surface area (Å²) in [6.45, 7) is 9.89. The molecule has 0 aliphatic carbocycles. The van der Waals surface area contributed by atoms with Crippen molar-refractivity contribution in [3.63, 3.8) is 0 Å². The van der Waals surface area contributed by atoms with Crippen molar-refractivity contribution in [2.24, 2.45) is 0 Å². The van der Waals surface area contributed by atoms with Gasteiger partial charge in [0, 0.05) is 24.2 Å². The van der Waals surface area contributed by atoms with Gasteiger partial charge in [-0.1, -0.05) is 0 Å². The van der Waals surface area contributed by atoms with Crippen LogP contribution < -0.4 is 10.6 Å². The maximum atomic E-state index is 11.8. The van der Waals surface area contributed by atoms with E-state index in [2.05, 4.69) is 50.3 Å². The lowest BCUT2D eigenvalue weighted by Gasteiger charge is -2.35. The molecular formula is C13H27N3O. The van der Waals surface area contributed by atoms with E-state index < -0.39 is 0 Å². The van der Waals surface area contributed by atoms with Crippen LogP contribution in [0.15, 0.2) is 0 Å². The van der Waals surface area contributed by atoms with Gasteiger partial charge in [-0.2, -0.15) is 0 Å². The van der Waals surface area contributed by atoms with Gasteiger partial charge in [-0.15, -0.1) is 0 Å². The van der Waals surface area contributed by atoms with Crippen LogP contribution in [0.2, 0.25) is 0 Å². The maximum Gasteiger partial charge on any atom is 0.234 e. The standard InChI is InChI=1S/C13H27N3O/c1-10-8-11(6-7-16(10)5)15-12(17)9-14-13(2,3)4/h10-11,14H,6-9H2,1-5H3,(H,15,17). The number of hydrogen-bond acceptors (Lipinski definition) is 3.